The van der Waals surface area contributed by atoms with E-state index in [0.717, 1.165) is 19.3 Å². The topological polar surface area (TPSA) is 58.4 Å². The third-order valence-electron chi connectivity index (χ3n) is 4.73. The van der Waals surface area contributed by atoms with Crippen LogP contribution in [-0.2, 0) is 4.79 Å². The van der Waals surface area contributed by atoms with Gasteiger partial charge in [0.25, 0.3) is 0 Å². The molecule has 0 saturated carbocycles. The van der Waals surface area contributed by atoms with Crippen LogP contribution in [0.4, 0.5) is 0 Å². The number of hydrogen-bond donors (Lipinski definition) is 2. The smallest absolute Gasteiger partial charge is 0.223 e. The van der Waals surface area contributed by atoms with E-state index >= 15 is 0 Å². The number of nitrogens with one attached hydrogen (secondary N) is 1. The molecule has 18 heavy (non-hydrogen) atoms. The highest BCUT2D eigenvalue weighted by atomic mass is 16.1. The summed E-state index contributed by atoms with van der Waals surface area (Å²) in [5.41, 5.74) is 5.51. The van der Waals surface area contributed by atoms with Crippen LogP contribution in [0, 0.1) is 5.92 Å². The first-order valence-corrected chi connectivity index (χ1v) is 7.34. The van der Waals surface area contributed by atoms with E-state index in [0.29, 0.717) is 24.7 Å². The van der Waals surface area contributed by atoms with Crippen LogP contribution in [0.15, 0.2) is 0 Å². The van der Waals surface area contributed by atoms with Crippen molar-refractivity contribution in [2.75, 3.05) is 13.6 Å². The molecule has 2 rings (SSSR count). The minimum absolute atomic E-state index is 0.0505. The number of amides is 1. The van der Waals surface area contributed by atoms with Crippen molar-refractivity contribution >= 4 is 5.91 Å². The first-order valence-electron chi connectivity index (χ1n) is 7.34. The van der Waals surface area contributed by atoms with Gasteiger partial charge in [-0.3, -0.25) is 4.79 Å². The number of carbonyl (C=O) groups is 1. The van der Waals surface area contributed by atoms with E-state index in [2.05, 4.69) is 17.3 Å². The van der Waals surface area contributed by atoms with Crippen molar-refractivity contribution in [2.24, 2.45) is 11.7 Å². The van der Waals surface area contributed by atoms with Crippen LogP contribution in [0.2, 0.25) is 0 Å². The van der Waals surface area contributed by atoms with Crippen molar-refractivity contribution in [3.63, 3.8) is 0 Å². The molecule has 2 bridgehead atoms. The molecule has 3 N–H and O–H groups in total. The van der Waals surface area contributed by atoms with Crippen LogP contribution in [0.3, 0.4) is 0 Å². The second-order valence-electron chi connectivity index (χ2n) is 6.06. The van der Waals surface area contributed by atoms with Crippen molar-refractivity contribution in [1.82, 2.24) is 10.2 Å². The highest BCUT2D eigenvalue weighted by molar-refractivity contribution is 5.78. The molecule has 3 unspecified atom stereocenters. The number of piperidine rings is 2. The monoisotopic (exact) mass is 253 g/mol. The zero-order valence-electron chi connectivity index (χ0n) is 11.7. The molecule has 4 heteroatoms. The van der Waals surface area contributed by atoms with Gasteiger partial charge in [-0.2, -0.15) is 0 Å². The Morgan fingerprint density at radius 3 is 2.56 bits per heavy atom. The lowest BCUT2D eigenvalue weighted by Crippen LogP contribution is -2.55. The van der Waals surface area contributed by atoms with Crippen molar-refractivity contribution in [2.45, 2.75) is 63.6 Å². The maximum Gasteiger partial charge on any atom is 0.223 e. The fraction of sp³-hybridized carbons (Fsp3) is 0.929. The van der Waals surface area contributed by atoms with Crippen LogP contribution in [0.1, 0.15) is 45.4 Å². The molecule has 1 amide bonds. The van der Waals surface area contributed by atoms with E-state index in [-0.39, 0.29) is 11.8 Å². The van der Waals surface area contributed by atoms with Crippen LogP contribution in [0.5, 0.6) is 0 Å². The van der Waals surface area contributed by atoms with Gasteiger partial charge in [-0.15, -0.1) is 0 Å². The molecule has 0 aromatic heterocycles. The van der Waals surface area contributed by atoms with Gasteiger partial charge in [0.05, 0.1) is 0 Å². The summed E-state index contributed by atoms with van der Waals surface area (Å²) in [6.45, 7) is 2.56. The molecular weight excluding hydrogens is 226 g/mol. The average molecular weight is 253 g/mol. The van der Waals surface area contributed by atoms with E-state index in [1.54, 1.807) is 0 Å². The Labute approximate surface area is 110 Å². The SMILES string of the molecule is CC(CCN)C(=O)NC1CC2CCCC(C1)N2C. The maximum absolute atomic E-state index is 12.0. The molecule has 2 fully saturated rings. The van der Waals surface area contributed by atoms with E-state index < -0.39 is 0 Å². The molecule has 4 nitrogen and oxygen atoms in total. The van der Waals surface area contributed by atoms with Gasteiger partial charge in [-0.05, 0) is 45.7 Å². The number of rotatable bonds is 4. The predicted molar refractivity (Wildman–Crippen MR) is 73.2 cm³/mol. The normalized spacial score (nSPS) is 34.1. The summed E-state index contributed by atoms with van der Waals surface area (Å²) >= 11 is 0. The molecule has 3 atom stereocenters. The Balaban J connectivity index is 1.86. The second kappa shape index (κ2) is 6.02. The number of nitrogens with zero attached hydrogens (tertiary/aromatic N) is 1. The largest absolute Gasteiger partial charge is 0.353 e. The van der Waals surface area contributed by atoms with Gasteiger partial charge in [0.2, 0.25) is 5.91 Å². The summed E-state index contributed by atoms with van der Waals surface area (Å²) in [5, 5.41) is 3.23. The zero-order chi connectivity index (χ0) is 13.1. The van der Waals surface area contributed by atoms with E-state index in [4.69, 9.17) is 5.73 Å². The Kier molecular flexibility index (Phi) is 4.62. The van der Waals surface area contributed by atoms with E-state index in [1.807, 2.05) is 6.92 Å². The Hall–Kier alpha value is -0.610. The summed E-state index contributed by atoms with van der Waals surface area (Å²) in [5.74, 6) is 0.238. The first-order chi connectivity index (χ1) is 8.61. The molecule has 0 aromatic rings. The van der Waals surface area contributed by atoms with Crippen molar-refractivity contribution in [3.8, 4) is 0 Å². The standard InChI is InChI=1S/C14H27N3O/c1-10(6-7-15)14(18)16-11-8-12-4-3-5-13(9-11)17(12)2/h10-13H,3-9,15H2,1-2H3,(H,16,18). The lowest BCUT2D eigenvalue weighted by atomic mass is 9.82. The van der Waals surface area contributed by atoms with E-state index in [1.165, 1.54) is 19.3 Å². The third kappa shape index (κ3) is 3.04. The molecule has 2 aliphatic rings. The Morgan fingerprint density at radius 1 is 1.39 bits per heavy atom. The summed E-state index contributed by atoms with van der Waals surface area (Å²) in [7, 11) is 2.24. The maximum atomic E-state index is 12.0. The Morgan fingerprint density at radius 2 is 2.00 bits per heavy atom. The molecular formula is C14H27N3O. The number of nitrogens with two attached hydrogens (primary N) is 1. The first kappa shape index (κ1) is 13.8. The Bertz CT molecular complexity index is 281. The number of carbonyl (C=O) groups excluding carboxylic acids is 1. The quantitative estimate of drug-likeness (QED) is 0.789. The van der Waals surface area contributed by atoms with Gasteiger partial charge < -0.3 is 16.0 Å². The van der Waals surface area contributed by atoms with Crippen molar-refractivity contribution < 1.29 is 4.79 Å². The predicted octanol–water partition coefficient (Wildman–Crippen LogP) is 1.10. The zero-order valence-corrected chi connectivity index (χ0v) is 11.7. The van der Waals surface area contributed by atoms with Crippen molar-refractivity contribution in [1.29, 1.82) is 0 Å². The highest BCUT2D eigenvalue weighted by Crippen LogP contribution is 2.32. The molecule has 0 aliphatic carbocycles. The van der Waals surface area contributed by atoms with Gasteiger partial charge in [0.1, 0.15) is 0 Å². The average Bonchev–Trinajstić information content (AvgIpc) is 2.30. The third-order valence-corrected chi connectivity index (χ3v) is 4.73. The van der Waals surface area contributed by atoms with Gasteiger partial charge in [0, 0.05) is 24.0 Å². The molecule has 104 valence electrons. The number of fused-ring (bicyclic) bond motifs is 2. The molecule has 2 aliphatic heterocycles. The molecule has 0 aromatic carbocycles. The van der Waals surface area contributed by atoms with Crippen LogP contribution >= 0.6 is 0 Å². The summed E-state index contributed by atoms with van der Waals surface area (Å²) in [4.78, 5) is 14.5. The van der Waals surface area contributed by atoms with Crippen LogP contribution < -0.4 is 11.1 Å². The van der Waals surface area contributed by atoms with Gasteiger partial charge in [-0.25, -0.2) is 0 Å². The highest BCUT2D eigenvalue weighted by Gasteiger charge is 2.36. The lowest BCUT2D eigenvalue weighted by Gasteiger charge is -2.47. The molecule has 0 spiro atoms. The van der Waals surface area contributed by atoms with E-state index in [9.17, 15) is 4.79 Å². The summed E-state index contributed by atoms with van der Waals surface area (Å²) in [6, 6.07) is 1.73. The minimum atomic E-state index is 0.0505. The minimum Gasteiger partial charge on any atom is -0.353 e. The second-order valence-corrected chi connectivity index (χ2v) is 6.06. The summed E-state index contributed by atoms with van der Waals surface area (Å²) < 4.78 is 0. The summed E-state index contributed by atoms with van der Waals surface area (Å²) in [6.07, 6.45) is 6.95. The van der Waals surface area contributed by atoms with Gasteiger partial charge in [0.15, 0.2) is 0 Å². The number of hydrogen-bond acceptors (Lipinski definition) is 3. The van der Waals surface area contributed by atoms with Crippen molar-refractivity contribution in [3.05, 3.63) is 0 Å². The molecule has 0 radical (unpaired) electrons. The lowest BCUT2D eigenvalue weighted by molar-refractivity contribution is -0.126. The molecule has 2 heterocycles. The van der Waals surface area contributed by atoms with Crippen LogP contribution in [0.25, 0.3) is 0 Å². The fourth-order valence-corrected chi connectivity index (χ4v) is 3.46. The fourth-order valence-electron chi connectivity index (χ4n) is 3.46. The van der Waals surface area contributed by atoms with Gasteiger partial charge >= 0.3 is 0 Å². The van der Waals surface area contributed by atoms with Crippen LogP contribution in [-0.4, -0.2) is 42.5 Å². The van der Waals surface area contributed by atoms with Gasteiger partial charge in [-0.1, -0.05) is 13.3 Å². The molecule has 2 saturated heterocycles.